The third kappa shape index (κ3) is 7.92. The Morgan fingerprint density at radius 2 is 2.03 bits per heavy atom. The maximum Gasteiger partial charge on any atom is 0.215 e. The van der Waals surface area contributed by atoms with Gasteiger partial charge >= 0.3 is 0 Å². The fourth-order valence-corrected chi connectivity index (χ4v) is 6.34. The molecule has 10 heteroatoms. The number of sulfonamides is 1. The smallest absolute Gasteiger partial charge is 0.215 e. The summed E-state index contributed by atoms with van der Waals surface area (Å²) < 4.78 is 26.2. The summed E-state index contributed by atoms with van der Waals surface area (Å²) in [5.74, 6) is 1.23. The van der Waals surface area contributed by atoms with Gasteiger partial charge in [0.1, 0.15) is 0 Å². The Hall–Kier alpha value is -0.430. The van der Waals surface area contributed by atoms with E-state index in [1.54, 1.807) is 0 Å². The van der Waals surface area contributed by atoms with E-state index in [0.29, 0.717) is 37.6 Å². The molecule has 7 nitrogen and oxygen atoms in total. The number of aliphatic imine (C=N–C) groups is 1. The lowest BCUT2D eigenvalue weighted by Crippen LogP contribution is -2.43. The van der Waals surface area contributed by atoms with Gasteiger partial charge in [-0.05, 0) is 50.7 Å². The molecule has 174 valence electrons. The summed E-state index contributed by atoms with van der Waals surface area (Å²) in [6.45, 7) is 9.70. The van der Waals surface area contributed by atoms with Gasteiger partial charge in [0, 0.05) is 43.6 Å². The van der Waals surface area contributed by atoms with E-state index < -0.39 is 10.0 Å². The van der Waals surface area contributed by atoms with Crippen LogP contribution in [0, 0.1) is 5.92 Å². The zero-order valence-corrected chi connectivity index (χ0v) is 22.6. The first-order valence-electron chi connectivity index (χ1n) is 10.7. The van der Waals surface area contributed by atoms with Gasteiger partial charge in [0.2, 0.25) is 10.0 Å². The van der Waals surface area contributed by atoms with Crippen LogP contribution in [0.2, 0.25) is 0 Å². The molecule has 0 saturated carbocycles. The summed E-state index contributed by atoms with van der Waals surface area (Å²) >= 11 is 1.81. The number of nitrogens with one attached hydrogen (secondary N) is 2. The normalized spacial score (nSPS) is 20.8. The predicted molar refractivity (Wildman–Crippen MR) is 139 cm³/mol. The third-order valence-electron chi connectivity index (χ3n) is 5.42. The number of thiophene rings is 1. The van der Waals surface area contributed by atoms with Gasteiger partial charge in [-0.2, -0.15) is 0 Å². The molecule has 0 amide bonds. The second-order valence-corrected chi connectivity index (χ2v) is 10.5. The summed E-state index contributed by atoms with van der Waals surface area (Å²) in [5, 5.41) is 8.59. The van der Waals surface area contributed by atoms with Crippen LogP contribution in [-0.4, -0.2) is 75.7 Å². The van der Waals surface area contributed by atoms with Crippen LogP contribution >= 0.6 is 35.3 Å². The molecule has 0 radical (unpaired) electrons. The van der Waals surface area contributed by atoms with Crippen molar-refractivity contribution in [2.45, 2.75) is 39.7 Å². The number of piperidine rings is 1. The number of halogens is 1. The van der Waals surface area contributed by atoms with Crippen LogP contribution in [0.3, 0.4) is 0 Å². The maximum absolute atomic E-state index is 12.4. The first-order chi connectivity index (χ1) is 13.9. The SMILES string of the molecule is CCNC(=NCC1CCCN(C)C1c1cccs1)NCCS(=O)(=O)N(CC)CC.I. The first kappa shape index (κ1) is 27.6. The zero-order chi connectivity index (χ0) is 21.3. The Bertz CT molecular complexity index is 724. The van der Waals surface area contributed by atoms with Crippen LogP contribution < -0.4 is 10.6 Å². The summed E-state index contributed by atoms with van der Waals surface area (Å²) in [6, 6.07) is 4.73. The van der Waals surface area contributed by atoms with Crippen molar-refractivity contribution in [3.8, 4) is 0 Å². The second kappa shape index (κ2) is 13.9. The Balaban J connectivity index is 0.00000450. The van der Waals surface area contributed by atoms with Gasteiger partial charge in [0.15, 0.2) is 5.96 Å². The van der Waals surface area contributed by atoms with Crippen LogP contribution in [0.15, 0.2) is 22.5 Å². The highest BCUT2D eigenvalue weighted by molar-refractivity contribution is 14.0. The van der Waals surface area contributed by atoms with E-state index in [4.69, 9.17) is 4.99 Å². The molecule has 1 aromatic rings. The van der Waals surface area contributed by atoms with E-state index in [1.165, 1.54) is 15.6 Å². The van der Waals surface area contributed by atoms with Crippen molar-refractivity contribution in [2.75, 3.05) is 52.1 Å². The third-order valence-corrected chi connectivity index (χ3v) is 8.39. The van der Waals surface area contributed by atoms with Crippen LogP contribution in [-0.2, 0) is 10.0 Å². The van der Waals surface area contributed by atoms with E-state index in [2.05, 4.69) is 40.1 Å². The van der Waals surface area contributed by atoms with Gasteiger partial charge in [-0.15, -0.1) is 35.3 Å². The van der Waals surface area contributed by atoms with Crippen LogP contribution in [0.1, 0.15) is 44.5 Å². The van der Waals surface area contributed by atoms with E-state index in [-0.39, 0.29) is 29.7 Å². The second-order valence-electron chi connectivity index (χ2n) is 7.39. The molecule has 0 spiro atoms. The Kier molecular flexibility index (Phi) is 12.8. The standard InChI is InChI=1S/C20H37N5O2S2.HI/c1-5-21-20(22-12-15-29(26,27)25(6-2)7-3)23-16-17-10-8-13-24(4)19(17)18-11-9-14-28-18;/h9,11,14,17,19H,5-8,10,12-13,15-16H2,1-4H3,(H2,21,22,23);1H. The van der Waals surface area contributed by atoms with Crippen molar-refractivity contribution >= 4 is 51.3 Å². The lowest BCUT2D eigenvalue weighted by molar-refractivity contribution is 0.128. The van der Waals surface area contributed by atoms with E-state index in [1.807, 2.05) is 32.1 Å². The van der Waals surface area contributed by atoms with Gasteiger partial charge in [0.25, 0.3) is 0 Å². The molecular formula is C20H38IN5O2S2. The molecule has 0 aromatic carbocycles. The van der Waals surface area contributed by atoms with E-state index in [0.717, 1.165) is 26.1 Å². The molecule has 2 atom stereocenters. The van der Waals surface area contributed by atoms with Crippen molar-refractivity contribution in [3.63, 3.8) is 0 Å². The lowest BCUT2D eigenvalue weighted by Gasteiger charge is -2.38. The average molecular weight is 572 g/mol. The van der Waals surface area contributed by atoms with Gasteiger partial charge in [-0.1, -0.05) is 19.9 Å². The monoisotopic (exact) mass is 571 g/mol. The van der Waals surface area contributed by atoms with Crippen molar-refractivity contribution in [1.82, 2.24) is 19.8 Å². The van der Waals surface area contributed by atoms with Crippen molar-refractivity contribution < 1.29 is 8.42 Å². The van der Waals surface area contributed by atoms with E-state index >= 15 is 0 Å². The fraction of sp³-hybridized carbons (Fsp3) is 0.750. The molecule has 2 rings (SSSR count). The summed E-state index contributed by atoms with van der Waals surface area (Å²) in [7, 11) is -1.04. The summed E-state index contributed by atoms with van der Waals surface area (Å²) in [4.78, 5) is 8.64. The van der Waals surface area contributed by atoms with Crippen LogP contribution in [0.25, 0.3) is 0 Å². The molecule has 2 N–H and O–H groups in total. The summed E-state index contributed by atoms with van der Waals surface area (Å²) in [5.41, 5.74) is 0. The highest BCUT2D eigenvalue weighted by Crippen LogP contribution is 2.37. The van der Waals surface area contributed by atoms with Crippen LogP contribution in [0.5, 0.6) is 0 Å². The number of hydrogen-bond acceptors (Lipinski definition) is 5. The Morgan fingerprint density at radius 3 is 2.63 bits per heavy atom. The van der Waals surface area contributed by atoms with Crippen molar-refractivity contribution in [3.05, 3.63) is 22.4 Å². The zero-order valence-electron chi connectivity index (χ0n) is 18.6. The molecule has 0 bridgehead atoms. The molecule has 1 aromatic heterocycles. The molecule has 1 fully saturated rings. The average Bonchev–Trinajstić information content (AvgIpc) is 3.21. The van der Waals surface area contributed by atoms with Crippen molar-refractivity contribution in [2.24, 2.45) is 10.9 Å². The molecule has 1 aliphatic heterocycles. The maximum atomic E-state index is 12.4. The van der Waals surface area contributed by atoms with Gasteiger partial charge in [-0.25, -0.2) is 12.7 Å². The molecule has 1 saturated heterocycles. The topological polar surface area (TPSA) is 77.0 Å². The number of hydrogen-bond donors (Lipinski definition) is 2. The van der Waals surface area contributed by atoms with Crippen LogP contribution in [0.4, 0.5) is 0 Å². The molecule has 30 heavy (non-hydrogen) atoms. The minimum Gasteiger partial charge on any atom is -0.357 e. The Morgan fingerprint density at radius 1 is 1.30 bits per heavy atom. The van der Waals surface area contributed by atoms with Gasteiger partial charge in [0.05, 0.1) is 5.75 Å². The molecule has 0 aliphatic carbocycles. The number of likely N-dealkylation sites (tertiary alicyclic amines) is 1. The summed E-state index contributed by atoms with van der Waals surface area (Å²) in [6.07, 6.45) is 2.34. The van der Waals surface area contributed by atoms with Gasteiger partial charge in [-0.3, -0.25) is 9.89 Å². The molecule has 1 aliphatic rings. The quantitative estimate of drug-likeness (QED) is 0.257. The number of nitrogens with zero attached hydrogens (tertiary/aromatic N) is 3. The largest absolute Gasteiger partial charge is 0.357 e. The molecule has 2 heterocycles. The minimum absolute atomic E-state index is 0. The van der Waals surface area contributed by atoms with Crippen molar-refractivity contribution in [1.29, 1.82) is 0 Å². The first-order valence-corrected chi connectivity index (χ1v) is 13.1. The fourth-order valence-electron chi connectivity index (χ4n) is 3.95. The molecular weight excluding hydrogens is 533 g/mol. The highest BCUT2D eigenvalue weighted by Gasteiger charge is 2.31. The van der Waals surface area contributed by atoms with Gasteiger partial charge < -0.3 is 10.6 Å². The Labute approximate surface area is 203 Å². The minimum atomic E-state index is -3.23. The van der Waals surface area contributed by atoms with E-state index in [9.17, 15) is 8.42 Å². The number of rotatable bonds is 10. The number of guanidine groups is 1. The highest BCUT2D eigenvalue weighted by atomic mass is 127. The molecule has 2 unspecified atom stereocenters. The lowest BCUT2D eigenvalue weighted by atomic mass is 9.88. The predicted octanol–water partition coefficient (Wildman–Crippen LogP) is 2.98.